The summed E-state index contributed by atoms with van der Waals surface area (Å²) in [5.74, 6) is -0.931. The first-order valence-electron chi connectivity index (χ1n) is 6.14. The van der Waals surface area contributed by atoms with Crippen molar-refractivity contribution in [3.8, 4) is 0 Å². The average Bonchev–Trinajstić information content (AvgIpc) is 2.81. The fourth-order valence-corrected chi connectivity index (χ4v) is 3.43. The lowest BCUT2D eigenvalue weighted by Gasteiger charge is -2.34. The minimum absolute atomic E-state index is 0.101. The van der Waals surface area contributed by atoms with Crippen molar-refractivity contribution >= 4 is 39.3 Å². The molecule has 1 atom stereocenters. The predicted molar refractivity (Wildman–Crippen MR) is 77.8 cm³/mol. The number of hydrogen-bond acceptors (Lipinski definition) is 4. The number of nitrogens with zero attached hydrogens (tertiary/aromatic N) is 1. The van der Waals surface area contributed by atoms with Crippen molar-refractivity contribution in [3.63, 3.8) is 0 Å². The Morgan fingerprint density at radius 3 is 3.05 bits per heavy atom. The fraction of sp³-hybridized carbons (Fsp3) is 0.500. The second kappa shape index (κ2) is 7.05. The minimum Gasteiger partial charge on any atom is -0.481 e. The lowest BCUT2D eigenvalue weighted by Crippen LogP contribution is -2.52. The Morgan fingerprint density at radius 1 is 1.60 bits per heavy atom. The van der Waals surface area contributed by atoms with Crippen molar-refractivity contribution in [3.05, 3.63) is 20.8 Å². The highest BCUT2D eigenvalue weighted by Gasteiger charge is 2.29. The Bertz CT molecular complexity index is 494. The molecule has 20 heavy (non-hydrogen) atoms. The normalized spacial score (nSPS) is 18.9. The number of thiophene rings is 1. The van der Waals surface area contributed by atoms with Gasteiger partial charge in [0.1, 0.15) is 0 Å². The van der Waals surface area contributed by atoms with E-state index in [9.17, 15) is 9.59 Å². The number of carboxylic acids is 1. The molecule has 110 valence electrons. The molecule has 2 N–H and O–H groups in total. The third-order valence-electron chi connectivity index (χ3n) is 2.99. The molecule has 1 aromatic rings. The molecule has 2 amide bonds. The second-order valence-electron chi connectivity index (χ2n) is 4.37. The summed E-state index contributed by atoms with van der Waals surface area (Å²) in [4.78, 5) is 25.5. The van der Waals surface area contributed by atoms with Crippen LogP contribution < -0.4 is 5.32 Å². The molecule has 0 aromatic carbocycles. The van der Waals surface area contributed by atoms with E-state index in [2.05, 4.69) is 21.2 Å². The van der Waals surface area contributed by atoms with E-state index in [1.165, 1.54) is 0 Å². The number of urea groups is 1. The molecular formula is C12H15BrN2O4S. The van der Waals surface area contributed by atoms with E-state index >= 15 is 0 Å². The number of amides is 2. The number of carbonyl (C=O) groups excluding carboxylic acids is 1. The molecule has 1 fully saturated rings. The van der Waals surface area contributed by atoms with Gasteiger partial charge in [-0.05, 0) is 27.4 Å². The molecule has 0 spiro atoms. The minimum atomic E-state index is -0.931. The summed E-state index contributed by atoms with van der Waals surface area (Å²) in [5, 5.41) is 13.6. The van der Waals surface area contributed by atoms with Gasteiger partial charge in [0.2, 0.25) is 0 Å². The standard InChI is InChI=1S/C12H15BrN2O4S/c13-9-1-4-20-10(9)6-14-12(18)15-2-3-19-7-8(15)5-11(16)17/h1,4,8H,2-3,5-7H2,(H,14,18)(H,16,17). The van der Waals surface area contributed by atoms with Crippen LogP contribution >= 0.6 is 27.3 Å². The molecule has 1 saturated heterocycles. The number of ether oxygens (including phenoxy) is 1. The summed E-state index contributed by atoms with van der Waals surface area (Å²) in [7, 11) is 0. The number of hydrogen-bond donors (Lipinski definition) is 2. The van der Waals surface area contributed by atoms with E-state index in [1.807, 2.05) is 11.4 Å². The van der Waals surface area contributed by atoms with Crippen LogP contribution in [0, 0.1) is 0 Å². The number of morpholine rings is 1. The summed E-state index contributed by atoms with van der Waals surface area (Å²) in [6, 6.07) is 1.27. The van der Waals surface area contributed by atoms with Crippen LogP contribution in [0.1, 0.15) is 11.3 Å². The van der Waals surface area contributed by atoms with E-state index < -0.39 is 12.0 Å². The third kappa shape index (κ3) is 3.94. The first-order valence-corrected chi connectivity index (χ1v) is 7.81. The Morgan fingerprint density at radius 2 is 2.40 bits per heavy atom. The smallest absolute Gasteiger partial charge is 0.318 e. The highest BCUT2D eigenvalue weighted by molar-refractivity contribution is 9.10. The van der Waals surface area contributed by atoms with Gasteiger partial charge in [-0.2, -0.15) is 0 Å². The van der Waals surface area contributed by atoms with Crippen molar-refractivity contribution < 1.29 is 19.4 Å². The van der Waals surface area contributed by atoms with Gasteiger partial charge >= 0.3 is 12.0 Å². The van der Waals surface area contributed by atoms with Gasteiger partial charge in [-0.1, -0.05) is 0 Å². The van der Waals surface area contributed by atoms with E-state index in [0.717, 1.165) is 9.35 Å². The monoisotopic (exact) mass is 362 g/mol. The largest absolute Gasteiger partial charge is 0.481 e. The number of rotatable bonds is 4. The molecule has 0 saturated carbocycles. The zero-order chi connectivity index (χ0) is 14.5. The van der Waals surface area contributed by atoms with Crippen LogP contribution in [0.3, 0.4) is 0 Å². The van der Waals surface area contributed by atoms with E-state index in [4.69, 9.17) is 9.84 Å². The number of carboxylic acid groups (broad SMARTS) is 1. The maximum absolute atomic E-state index is 12.2. The zero-order valence-electron chi connectivity index (χ0n) is 10.7. The fourth-order valence-electron chi connectivity index (χ4n) is 2.00. The quantitative estimate of drug-likeness (QED) is 0.857. The Kier molecular flexibility index (Phi) is 5.38. The van der Waals surface area contributed by atoms with Gasteiger partial charge in [0, 0.05) is 15.9 Å². The predicted octanol–water partition coefficient (Wildman–Crippen LogP) is 1.90. The molecule has 1 aliphatic heterocycles. The van der Waals surface area contributed by atoms with E-state index in [1.54, 1.807) is 16.2 Å². The van der Waals surface area contributed by atoms with Gasteiger partial charge in [-0.15, -0.1) is 11.3 Å². The first-order chi connectivity index (χ1) is 9.58. The van der Waals surface area contributed by atoms with Gasteiger partial charge in [0.15, 0.2) is 0 Å². The molecule has 0 bridgehead atoms. The van der Waals surface area contributed by atoms with Crippen molar-refractivity contribution in [1.82, 2.24) is 10.2 Å². The molecule has 6 nitrogen and oxygen atoms in total. The maximum Gasteiger partial charge on any atom is 0.318 e. The number of nitrogens with one attached hydrogen (secondary N) is 1. The lowest BCUT2D eigenvalue weighted by atomic mass is 10.1. The maximum atomic E-state index is 12.2. The summed E-state index contributed by atoms with van der Waals surface area (Å²) >= 11 is 4.96. The highest BCUT2D eigenvalue weighted by Crippen LogP contribution is 2.22. The topological polar surface area (TPSA) is 78.9 Å². The highest BCUT2D eigenvalue weighted by atomic mass is 79.9. The van der Waals surface area contributed by atoms with Crippen LogP contribution in [-0.2, 0) is 16.1 Å². The van der Waals surface area contributed by atoms with Crippen LogP contribution in [0.2, 0.25) is 0 Å². The Labute approximate surface area is 128 Å². The molecule has 1 aliphatic rings. The Balaban J connectivity index is 1.92. The van der Waals surface area contributed by atoms with Gasteiger partial charge in [-0.3, -0.25) is 4.79 Å². The molecule has 2 heterocycles. The first kappa shape index (κ1) is 15.3. The van der Waals surface area contributed by atoms with Crippen molar-refractivity contribution in [2.45, 2.75) is 19.0 Å². The van der Waals surface area contributed by atoms with Crippen LogP contribution in [-0.4, -0.2) is 47.8 Å². The molecule has 1 unspecified atom stereocenters. The van der Waals surface area contributed by atoms with Gasteiger partial charge in [0.05, 0.1) is 32.2 Å². The van der Waals surface area contributed by atoms with Crippen LogP contribution in [0.4, 0.5) is 4.79 Å². The van der Waals surface area contributed by atoms with Crippen molar-refractivity contribution in [2.24, 2.45) is 0 Å². The van der Waals surface area contributed by atoms with E-state index in [0.29, 0.717) is 19.7 Å². The van der Waals surface area contributed by atoms with Crippen LogP contribution in [0.15, 0.2) is 15.9 Å². The number of aliphatic carboxylic acids is 1. The SMILES string of the molecule is O=C(O)CC1COCCN1C(=O)NCc1sccc1Br. The van der Waals surface area contributed by atoms with Gasteiger partial charge in [-0.25, -0.2) is 4.79 Å². The second-order valence-corrected chi connectivity index (χ2v) is 6.23. The van der Waals surface area contributed by atoms with Gasteiger partial charge in [0.25, 0.3) is 0 Å². The zero-order valence-corrected chi connectivity index (χ0v) is 13.1. The summed E-state index contributed by atoms with van der Waals surface area (Å²) in [6.45, 7) is 1.54. The lowest BCUT2D eigenvalue weighted by molar-refractivity contribution is -0.139. The van der Waals surface area contributed by atoms with Crippen molar-refractivity contribution in [2.75, 3.05) is 19.8 Å². The van der Waals surface area contributed by atoms with Gasteiger partial charge < -0.3 is 20.1 Å². The van der Waals surface area contributed by atoms with E-state index in [-0.39, 0.29) is 19.1 Å². The Hall–Kier alpha value is -1.12. The summed E-state index contributed by atoms with van der Waals surface area (Å²) in [6.07, 6.45) is -0.101. The summed E-state index contributed by atoms with van der Waals surface area (Å²) < 4.78 is 6.21. The molecular weight excluding hydrogens is 348 g/mol. The number of halogens is 1. The summed E-state index contributed by atoms with van der Waals surface area (Å²) in [5.41, 5.74) is 0. The third-order valence-corrected chi connectivity index (χ3v) is 4.92. The van der Waals surface area contributed by atoms with Crippen molar-refractivity contribution in [1.29, 1.82) is 0 Å². The average molecular weight is 363 g/mol. The molecule has 8 heteroatoms. The molecule has 0 radical (unpaired) electrons. The molecule has 2 rings (SSSR count). The molecule has 1 aromatic heterocycles. The van der Waals surface area contributed by atoms with Crippen LogP contribution in [0.5, 0.6) is 0 Å². The molecule has 0 aliphatic carbocycles. The number of carbonyl (C=O) groups is 2. The van der Waals surface area contributed by atoms with Crippen LogP contribution in [0.25, 0.3) is 0 Å².